The van der Waals surface area contributed by atoms with Crippen LogP contribution in [-0.2, 0) is 16.9 Å². The molecule has 0 radical (unpaired) electrons. The summed E-state index contributed by atoms with van der Waals surface area (Å²) in [4.78, 5) is 24.4. The molecule has 1 aromatic heterocycles. The molecule has 1 fully saturated rings. The van der Waals surface area contributed by atoms with Crippen LogP contribution in [-0.4, -0.2) is 69.6 Å². The lowest BCUT2D eigenvalue weighted by Crippen LogP contribution is -2.46. The van der Waals surface area contributed by atoms with Crippen LogP contribution < -0.4 is 9.47 Å². The molecule has 2 heterocycles. The highest BCUT2D eigenvalue weighted by molar-refractivity contribution is 5.87. The number of fused-ring (bicyclic) bond motifs is 1. The van der Waals surface area contributed by atoms with Gasteiger partial charge in [0.25, 0.3) is 5.69 Å². The Balaban J connectivity index is 1.31. The van der Waals surface area contributed by atoms with E-state index in [-0.39, 0.29) is 41.3 Å². The number of rotatable bonds is 13. The number of halogens is 3. The SMILES string of the molecule is CCC(C(=O)O)c1ccc(OC2CCN(CCC(O)(c3cn(Cc4ccccc4)c4cc([N+](=O)[O-])ccc34)C(F)(F)F)CC2)c(OC)c1. The Morgan fingerprint density at radius 1 is 1.06 bits per heavy atom. The average molecular weight is 670 g/mol. The third kappa shape index (κ3) is 7.26. The van der Waals surface area contributed by atoms with Crippen molar-refractivity contribution in [1.29, 1.82) is 0 Å². The lowest BCUT2D eigenvalue weighted by molar-refractivity contribution is -0.384. The number of ether oxygens (including phenoxy) is 2. The third-order valence-electron chi connectivity index (χ3n) is 9.10. The number of benzene rings is 3. The van der Waals surface area contributed by atoms with Crippen LogP contribution in [0, 0.1) is 10.1 Å². The average Bonchev–Trinajstić information content (AvgIpc) is 3.42. The molecule has 48 heavy (non-hydrogen) atoms. The largest absolute Gasteiger partial charge is 0.493 e. The van der Waals surface area contributed by atoms with E-state index < -0.39 is 35.0 Å². The summed E-state index contributed by atoms with van der Waals surface area (Å²) in [6.45, 7) is 2.76. The van der Waals surface area contributed by atoms with Crippen molar-refractivity contribution >= 4 is 22.6 Å². The zero-order valence-electron chi connectivity index (χ0n) is 26.7. The van der Waals surface area contributed by atoms with Gasteiger partial charge in [-0.1, -0.05) is 43.3 Å². The van der Waals surface area contributed by atoms with Crippen molar-refractivity contribution in [3.05, 3.63) is 99.7 Å². The number of nitro groups is 1. The van der Waals surface area contributed by atoms with E-state index >= 15 is 0 Å². The number of aromatic nitrogens is 1. The van der Waals surface area contributed by atoms with Gasteiger partial charge in [-0.2, -0.15) is 13.2 Å². The lowest BCUT2D eigenvalue weighted by Gasteiger charge is -2.36. The quantitative estimate of drug-likeness (QED) is 0.117. The Hall–Kier alpha value is -4.62. The maximum absolute atomic E-state index is 14.8. The monoisotopic (exact) mass is 669 g/mol. The Morgan fingerprint density at radius 2 is 1.77 bits per heavy atom. The first-order valence-corrected chi connectivity index (χ1v) is 15.7. The van der Waals surface area contributed by atoms with E-state index in [2.05, 4.69) is 0 Å². The highest BCUT2D eigenvalue weighted by Gasteiger charge is 2.56. The fraction of sp³-hybridized carbons (Fsp3) is 0.400. The minimum Gasteiger partial charge on any atom is -0.493 e. The van der Waals surface area contributed by atoms with Gasteiger partial charge in [-0.3, -0.25) is 14.9 Å². The number of methoxy groups -OCH3 is 1. The van der Waals surface area contributed by atoms with Gasteiger partial charge in [-0.25, -0.2) is 0 Å². The van der Waals surface area contributed by atoms with Crippen LogP contribution in [0.25, 0.3) is 10.9 Å². The number of nitro benzene ring substituents is 1. The van der Waals surface area contributed by atoms with Crippen LogP contribution in [0.4, 0.5) is 18.9 Å². The maximum Gasteiger partial charge on any atom is 0.421 e. The highest BCUT2D eigenvalue weighted by atomic mass is 19.4. The van der Waals surface area contributed by atoms with Crippen molar-refractivity contribution in [2.24, 2.45) is 0 Å². The first-order valence-electron chi connectivity index (χ1n) is 15.7. The number of non-ortho nitro benzene ring substituents is 1. The number of hydrogen-bond donors (Lipinski definition) is 2. The number of carboxylic acids is 1. The van der Waals surface area contributed by atoms with E-state index in [0.717, 1.165) is 11.6 Å². The molecule has 0 amide bonds. The Bertz CT molecular complexity index is 1750. The van der Waals surface area contributed by atoms with E-state index in [1.54, 1.807) is 49.4 Å². The summed E-state index contributed by atoms with van der Waals surface area (Å²) in [7, 11) is 1.47. The summed E-state index contributed by atoms with van der Waals surface area (Å²) in [5, 5.41) is 32.6. The van der Waals surface area contributed by atoms with E-state index in [1.165, 1.54) is 30.0 Å². The third-order valence-corrected chi connectivity index (χ3v) is 9.10. The lowest BCUT2D eigenvalue weighted by atomic mass is 9.88. The van der Waals surface area contributed by atoms with Crippen LogP contribution in [0.3, 0.4) is 0 Å². The molecule has 0 bridgehead atoms. The number of aliphatic carboxylic acids is 1. The first-order chi connectivity index (χ1) is 22.8. The van der Waals surface area contributed by atoms with Crippen LogP contribution >= 0.6 is 0 Å². The summed E-state index contributed by atoms with van der Waals surface area (Å²) in [5.74, 6) is -0.745. The fourth-order valence-corrected chi connectivity index (χ4v) is 6.36. The molecular weight excluding hydrogens is 631 g/mol. The molecule has 0 saturated carbocycles. The molecule has 0 aliphatic carbocycles. The van der Waals surface area contributed by atoms with Gasteiger partial charge in [0, 0.05) is 61.9 Å². The van der Waals surface area contributed by atoms with Gasteiger partial charge in [-0.15, -0.1) is 0 Å². The minimum absolute atomic E-state index is 0.0489. The Morgan fingerprint density at radius 3 is 2.38 bits per heavy atom. The van der Waals surface area contributed by atoms with Gasteiger partial charge in [0.2, 0.25) is 0 Å². The summed E-state index contributed by atoms with van der Waals surface area (Å²) in [5.41, 5.74) is -2.22. The van der Waals surface area contributed by atoms with E-state index in [1.807, 2.05) is 11.0 Å². The molecule has 2 atom stereocenters. The summed E-state index contributed by atoms with van der Waals surface area (Å²) >= 11 is 0. The van der Waals surface area contributed by atoms with Gasteiger partial charge in [0.1, 0.15) is 6.10 Å². The van der Waals surface area contributed by atoms with Crippen LogP contribution in [0.5, 0.6) is 11.5 Å². The molecule has 0 spiro atoms. The number of hydrogen-bond acceptors (Lipinski definition) is 7. The number of carboxylic acid groups (broad SMARTS) is 1. The van der Waals surface area contributed by atoms with Crippen molar-refractivity contribution in [2.45, 2.75) is 63.0 Å². The highest BCUT2D eigenvalue weighted by Crippen LogP contribution is 2.46. The van der Waals surface area contributed by atoms with E-state index in [9.17, 15) is 38.3 Å². The van der Waals surface area contributed by atoms with Crippen molar-refractivity contribution in [3.8, 4) is 11.5 Å². The molecule has 13 heteroatoms. The van der Waals surface area contributed by atoms with Crippen molar-refractivity contribution < 1.29 is 42.6 Å². The summed E-state index contributed by atoms with van der Waals surface area (Å²) in [6.07, 6.45) is -3.20. The van der Waals surface area contributed by atoms with Crippen molar-refractivity contribution in [1.82, 2.24) is 9.47 Å². The van der Waals surface area contributed by atoms with E-state index in [4.69, 9.17) is 9.47 Å². The normalized spacial score (nSPS) is 16.4. The van der Waals surface area contributed by atoms with Crippen LogP contribution in [0.1, 0.15) is 55.2 Å². The molecule has 1 aliphatic rings. The van der Waals surface area contributed by atoms with Crippen LogP contribution in [0.2, 0.25) is 0 Å². The topological polar surface area (TPSA) is 127 Å². The standard InChI is InChI=1S/C35H38F3N3O7/c1-3-27(33(42)43)24-9-12-31(32(19-24)47-2)48-26-13-16-39(17-14-26)18-15-34(44,35(36,37)38)29-22-40(21-23-7-5-4-6-8-23)30-20-25(41(45)46)10-11-28(29)30/h4-12,19-20,22,26-27,44H,3,13-18,21H2,1-2H3,(H,42,43). The number of likely N-dealkylation sites (tertiary alicyclic amines) is 1. The fourth-order valence-electron chi connectivity index (χ4n) is 6.36. The molecule has 10 nitrogen and oxygen atoms in total. The molecule has 2 N–H and O–H groups in total. The maximum atomic E-state index is 14.8. The molecule has 4 aromatic rings. The predicted octanol–water partition coefficient (Wildman–Crippen LogP) is 6.87. The minimum atomic E-state index is -5.03. The Kier molecular flexibility index (Phi) is 10.3. The number of nitrogens with zero attached hydrogens (tertiary/aromatic N) is 3. The Labute approximate surface area is 275 Å². The number of piperidine rings is 1. The van der Waals surface area contributed by atoms with Crippen LogP contribution in [0.15, 0.2) is 72.9 Å². The number of aliphatic hydroxyl groups is 1. The second-order valence-corrected chi connectivity index (χ2v) is 12.1. The van der Waals surface area contributed by atoms with Crippen molar-refractivity contribution in [3.63, 3.8) is 0 Å². The smallest absolute Gasteiger partial charge is 0.421 e. The molecule has 5 rings (SSSR count). The predicted molar refractivity (Wildman–Crippen MR) is 172 cm³/mol. The molecular formula is C35H38F3N3O7. The zero-order valence-corrected chi connectivity index (χ0v) is 26.7. The molecule has 2 unspecified atom stereocenters. The van der Waals surface area contributed by atoms with Crippen molar-refractivity contribution in [2.75, 3.05) is 26.7 Å². The van der Waals surface area contributed by atoms with Gasteiger partial charge in [-0.05, 0) is 48.6 Å². The van der Waals surface area contributed by atoms with E-state index in [0.29, 0.717) is 49.4 Å². The number of carbonyl (C=O) groups is 1. The summed E-state index contributed by atoms with van der Waals surface area (Å²) < 4.78 is 57.5. The zero-order chi connectivity index (χ0) is 34.6. The van der Waals surface area contributed by atoms with Gasteiger partial charge < -0.3 is 29.2 Å². The molecule has 1 saturated heterocycles. The molecule has 1 aliphatic heterocycles. The first kappa shape index (κ1) is 34.7. The van der Waals surface area contributed by atoms with Gasteiger partial charge in [0.05, 0.1) is 23.5 Å². The van der Waals surface area contributed by atoms with Gasteiger partial charge in [0.15, 0.2) is 17.1 Å². The summed E-state index contributed by atoms with van der Waals surface area (Å²) in [6, 6.07) is 17.7. The second kappa shape index (κ2) is 14.2. The second-order valence-electron chi connectivity index (χ2n) is 12.1. The van der Waals surface area contributed by atoms with Gasteiger partial charge >= 0.3 is 12.1 Å². The molecule has 3 aromatic carbocycles. The number of alkyl halides is 3. The molecule has 256 valence electrons.